The van der Waals surface area contributed by atoms with Crippen molar-refractivity contribution >= 4 is 16.5 Å². The lowest BCUT2D eigenvalue weighted by Crippen LogP contribution is -2.29. The second-order valence-corrected chi connectivity index (χ2v) is 7.70. The first-order valence-corrected chi connectivity index (χ1v) is 8.97. The van der Waals surface area contributed by atoms with Crippen molar-refractivity contribution in [3.63, 3.8) is 0 Å². The van der Waals surface area contributed by atoms with E-state index in [1.54, 1.807) is 0 Å². The van der Waals surface area contributed by atoms with Gasteiger partial charge in [-0.25, -0.2) is 4.98 Å². The Kier molecular flexibility index (Phi) is 4.32. The third-order valence-corrected chi connectivity index (χ3v) is 5.12. The zero-order valence-corrected chi connectivity index (χ0v) is 13.8. The minimum Gasteiger partial charge on any atom is -0.345 e. The van der Waals surface area contributed by atoms with Crippen LogP contribution in [0.5, 0.6) is 0 Å². The highest BCUT2D eigenvalue weighted by Crippen LogP contribution is 2.45. The maximum absolute atomic E-state index is 5.04. The molecule has 3 rings (SSSR count). The average molecular weight is 293 g/mol. The highest BCUT2D eigenvalue weighted by Gasteiger charge is 2.34. The molecular formula is C16H27N3S. The molecule has 2 aliphatic carbocycles. The number of hydrogen-bond acceptors (Lipinski definition) is 4. The van der Waals surface area contributed by atoms with Gasteiger partial charge in [-0.05, 0) is 38.1 Å². The summed E-state index contributed by atoms with van der Waals surface area (Å²) in [6, 6.07) is 0.766. The van der Waals surface area contributed by atoms with Crippen molar-refractivity contribution in [1.29, 1.82) is 0 Å². The van der Waals surface area contributed by atoms with Gasteiger partial charge in [0, 0.05) is 29.9 Å². The molecule has 1 heterocycles. The fourth-order valence-corrected chi connectivity index (χ4v) is 3.87. The summed E-state index contributed by atoms with van der Waals surface area (Å²) in [5.41, 5.74) is 1.40. The van der Waals surface area contributed by atoms with E-state index in [9.17, 15) is 0 Å². The first-order chi connectivity index (χ1) is 9.69. The fraction of sp³-hybridized carbons (Fsp3) is 0.812. The molecule has 112 valence electrons. The lowest BCUT2D eigenvalue weighted by Gasteiger charge is -2.23. The van der Waals surface area contributed by atoms with Crippen molar-refractivity contribution in [3.05, 3.63) is 10.6 Å². The molecule has 0 bridgehead atoms. The Morgan fingerprint density at radius 1 is 1.30 bits per heavy atom. The van der Waals surface area contributed by atoms with Gasteiger partial charge in [0.05, 0.1) is 5.69 Å². The SMILES string of the molecule is CCNCc1sc(N(CC(C)C)C2CC2)nc1C1CC1. The minimum atomic E-state index is 0.709. The van der Waals surface area contributed by atoms with Crippen LogP contribution in [0.3, 0.4) is 0 Å². The van der Waals surface area contributed by atoms with Crippen molar-refractivity contribution in [1.82, 2.24) is 10.3 Å². The third-order valence-electron chi connectivity index (χ3n) is 4.01. The van der Waals surface area contributed by atoms with Crippen molar-refractivity contribution in [2.75, 3.05) is 18.0 Å². The largest absolute Gasteiger partial charge is 0.345 e. The number of nitrogens with one attached hydrogen (secondary N) is 1. The zero-order valence-electron chi connectivity index (χ0n) is 13.0. The third kappa shape index (κ3) is 3.34. The average Bonchev–Trinajstić information content (AvgIpc) is 3.30. The molecule has 0 aromatic carbocycles. The summed E-state index contributed by atoms with van der Waals surface area (Å²) < 4.78 is 0. The molecule has 2 fully saturated rings. The quantitative estimate of drug-likeness (QED) is 0.791. The number of thiazole rings is 1. The van der Waals surface area contributed by atoms with E-state index < -0.39 is 0 Å². The van der Waals surface area contributed by atoms with Gasteiger partial charge in [0.2, 0.25) is 0 Å². The van der Waals surface area contributed by atoms with Gasteiger partial charge < -0.3 is 10.2 Å². The first kappa shape index (κ1) is 14.3. The van der Waals surface area contributed by atoms with Crippen molar-refractivity contribution in [2.24, 2.45) is 5.92 Å². The van der Waals surface area contributed by atoms with Crippen molar-refractivity contribution in [3.8, 4) is 0 Å². The van der Waals surface area contributed by atoms with E-state index in [1.165, 1.54) is 41.4 Å². The van der Waals surface area contributed by atoms with E-state index in [0.29, 0.717) is 5.92 Å². The molecule has 0 saturated heterocycles. The van der Waals surface area contributed by atoms with Gasteiger partial charge in [-0.3, -0.25) is 0 Å². The Morgan fingerprint density at radius 3 is 2.60 bits per heavy atom. The monoisotopic (exact) mass is 293 g/mol. The summed E-state index contributed by atoms with van der Waals surface area (Å²) in [5.74, 6) is 1.47. The molecule has 1 N–H and O–H groups in total. The molecule has 0 aliphatic heterocycles. The molecule has 1 aromatic heterocycles. The van der Waals surface area contributed by atoms with Crippen LogP contribution in [0.4, 0.5) is 5.13 Å². The van der Waals surface area contributed by atoms with Gasteiger partial charge >= 0.3 is 0 Å². The highest BCUT2D eigenvalue weighted by molar-refractivity contribution is 7.15. The summed E-state index contributed by atoms with van der Waals surface area (Å²) in [6.45, 7) is 9.99. The molecule has 4 heteroatoms. The topological polar surface area (TPSA) is 28.2 Å². The molecule has 0 radical (unpaired) electrons. The van der Waals surface area contributed by atoms with Gasteiger partial charge in [-0.2, -0.15) is 0 Å². The molecule has 2 aliphatic rings. The number of anilines is 1. The van der Waals surface area contributed by atoms with Crippen LogP contribution in [0.15, 0.2) is 0 Å². The molecule has 0 atom stereocenters. The van der Waals surface area contributed by atoms with Crippen LogP contribution in [-0.2, 0) is 6.54 Å². The Bertz CT molecular complexity index is 447. The first-order valence-electron chi connectivity index (χ1n) is 8.16. The highest BCUT2D eigenvalue weighted by atomic mass is 32.1. The van der Waals surface area contributed by atoms with Gasteiger partial charge in [0.15, 0.2) is 5.13 Å². The predicted octanol–water partition coefficient (Wildman–Crippen LogP) is 3.75. The van der Waals surface area contributed by atoms with Gasteiger partial charge in [0.25, 0.3) is 0 Å². The van der Waals surface area contributed by atoms with E-state index >= 15 is 0 Å². The smallest absolute Gasteiger partial charge is 0.186 e. The summed E-state index contributed by atoms with van der Waals surface area (Å²) in [7, 11) is 0. The summed E-state index contributed by atoms with van der Waals surface area (Å²) in [4.78, 5) is 9.11. The van der Waals surface area contributed by atoms with E-state index in [1.807, 2.05) is 11.3 Å². The number of aromatic nitrogens is 1. The maximum Gasteiger partial charge on any atom is 0.186 e. The van der Waals surface area contributed by atoms with Crippen LogP contribution in [0.2, 0.25) is 0 Å². The fourth-order valence-electron chi connectivity index (χ4n) is 2.68. The second kappa shape index (κ2) is 6.02. The normalized spacial score (nSPS) is 18.8. The number of hydrogen-bond donors (Lipinski definition) is 1. The minimum absolute atomic E-state index is 0.709. The van der Waals surface area contributed by atoms with Gasteiger partial charge in [-0.1, -0.05) is 20.8 Å². The van der Waals surface area contributed by atoms with Crippen LogP contribution in [0, 0.1) is 5.92 Å². The Hall–Kier alpha value is -0.610. The maximum atomic E-state index is 5.04. The molecule has 0 unspecified atom stereocenters. The van der Waals surface area contributed by atoms with Gasteiger partial charge in [0.1, 0.15) is 0 Å². The van der Waals surface area contributed by atoms with E-state index in [0.717, 1.165) is 31.6 Å². The van der Waals surface area contributed by atoms with Crippen molar-refractivity contribution in [2.45, 2.75) is 65.0 Å². The molecule has 0 spiro atoms. The summed E-state index contributed by atoms with van der Waals surface area (Å²) in [5, 5.41) is 4.77. The standard InChI is InChI=1S/C16H27N3S/c1-4-17-9-14-15(12-5-6-12)18-16(20-14)19(10-11(2)3)13-7-8-13/h11-13,17H,4-10H2,1-3H3. The van der Waals surface area contributed by atoms with Gasteiger partial charge in [-0.15, -0.1) is 11.3 Å². The van der Waals surface area contributed by atoms with E-state index in [2.05, 4.69) is 31.0 Å². The summed E-state index contributed by atoms with van der Waals surface area (Å²) >= 11 is 1.94. The Morgan fingerprint density at radius 2 is 2.05 bits per heavy atom. The van der Waals surface area contributed by atoms with E-state index in [4.69, 9.17) is 4.98 Å². The summed E-state index contributed by atoms with van der Waals surface area (Å²) in [6.07, 6.45) is 5.40. The number of rotatable bonds is 8. The Balaban J connectivity index is 1.80. The molecular weight excluding hydrogens is 266 g/mol. The molecule has 2 saturated carbocycles. The van der Waals surface area contributed by atoms with Crippen LogP contribution in [0.25, 0.3) is 0 Å². The molecule has 20 heavy (non-hydrogen) atoms. The zero-order chi connectivity index (χ0) is 14.1. The molecule has 3 nitrogen and oxygen atoms in total. The lowest BCUT2D eigenvalue weighted by molar-refractivity contribution is 0.605. The van der Waals surface area contributed by atoms with Crippen LogP contribution >= 0.6 is 11.3 Å². The lowest BCUT2D eigenvalue weighted by atomic mass is 10.2. The Labute approximate surface area is 126 Å². The molecule has 1 aromatic rings. The number of nitrogens with zero attached hydrogens (tertiary/aromatic N) is 2. The van der Waals surface area contributed by atoms with E-state index in [-0.39, 0.29) is 0 Å². The predicted molar refractivity (Wildman–Crippen MR) is 86.7 cm³/mol. The second-order valence-electron chi connectivity index (χ2n) is 6.64. The molecule has 0 amide bonds. The van der Waals surface area contributed by atoms with Crippen LogP contribution < -0.4 is 10.2 Å². The van der Waals surface area contributed by atoms with Crippen LogP contribution in [0.1, 0.15) is 62.9 Å². The van der Waals surface area contributed by atoms with Crippen molar-refractivity contribution < 1.29 is 0 Å². The van der Waals surface area contributed by atoms with Crippen LogP contribution in [-0.4, -0.2) is 24.1 Å².